The molecule has 0 saturated carbocycles. The first kappa shape index (κ1) is 45.4. The lowest BCUT2D eigenvalue weighted by atomic mass is 9.72. The normalized spacial score (nSPS) is 19.2. The monoisotopic (exact) mass is 942 g/mol. The lowest BCUT2D eigenvalue weighted by Gasteiger charge is -2.39. The number of piperazine rings is 1. The highest BCUT2D eigenvalue weighted by atomic mass is 35.5. The van der Waals surface area contributed by atoms with Gasteiger partial charge in [0.25, 0.3) is 21.6 Å². The van der Waals surface area contributed by atoms with Crippen LogP contribution in [0.5, 0.6) is 5.88 Å². The molecule has 9 rings (SSSR count). The molecule has 1 aliphatic carbocycles. The van der Waals surface area contributed by atoms with E-state index in [1.54, 1.807) is 24.4 Å². The molecule has 0 spiro atoms. The second kappa shape index (κ2) is 18.8. The third-order valence-electron chi connectivity index (χ3n) is 12.8. The summed E-state index contributed by atoms with van der Waals surface area (Å²) in [5.74, 6) is -0.861. The number of benzene rings is 3. The number of carbonyl (C=O) groups excluding carboxylic acids is 1. The van der Waals surface area contributed by atoms with E-state index in [1.807, 2.05) is 29.2 Å². The lowest BCUT2D eigenvalue weighted by molar-refractivity contribution is -0.384. The number of ether oxygens (including phenoxy) is 3. The van der Waals surface area contributed by atoms with E-state index in [2.05, 4.69) is 38.7 Å². The predicted molar refractivity (Wildman–Crippen MR) is 251 cm³/mol. The molecular formula is C47H52ClFN8O8S. The number of nitrogens with one attached hydrogen (secondary N) is 3. The molecule has 1 atom stereocenters. The molecule has 2 fully saturated rings. The number of allylic oxidation sites excluding steroid dienone is 1. The van der Waals surface area contributed by atoms with Gasteiger partial charge in [0.2, 0.25) is 5.88 Å². The molecule has 3 aromatic carbocycles. The van der Waals surface area contributed by atoms with Crippen molar-refractivity contribution in [1.29, 1.82) is 0 Å². The Labute approximate surface area is 387 Å². The van der Waals surface area contributed by atoms with Crippen molar-refractivity contribution in [2.45, 2.75) is 50.5 Å². The molecule has 3 aliphatic heterocycles. The van der Waals surface area contributed by atoms with Crippen LogP contribution in [0.25, 0.3) is 16.6 Å². The molecule has 5 aromatic rings. The summed E-state index contributed by atoms with van der Waals surface area (Å²) in [4.78, 5) is 39.8. The van der Waals surface area contributed by atoms with Gasteiger partial charge in [-0.2, -0.15) is 4.98 Å². The molecule has 0 unspecified atom stereocenters. The van der Waals surface area contributed by atoms with E-state index in [4.69, 9.17) is 30.8 Å². The first-order valence-electron chi connectivity index (χ1n) is 22.2. The number of pyridine rings is 1. The summed E-state index contributed by atoms with van der Waals surface area (Å²) in [6.45, 7) is 10.1. The van der Waals surface area contributed by atoms with Gasteiger partial charge in [-0.1, -0.05) is 37.1 Å². The number of aromatic amines is 1. The Morgan fingerprint density at radius 3 is 2.62 bits per heavy atom. The van der Waals surface area contributed by atoms with Gasteiger partial charge in [-0.05, 0) is 91.3 Å². The first-order chi connectivity index (χ1) is 31.7. The van der Waals surface area contributed by atoms with Crippen LogP contribution in [0.4, 0.5) is 32.8 Å². The van der Waals surface area contributed by atoms with E-state index in [9.17, 15) is 23.3 Å². The quantitative estimate of drug-likeness (QED) is 0.0811. The largest absolute Gasteiger partial charge is 0.476 e. The number of nitro benzene ring substituents is 1. The fourth-order valence-corrected chi connectivity index (χ4v) is 10.3. The number of hydrogen-bond acceptors (Lipinski definition) is 13. The number of anilines is 4. The minimum absolute atomic E-state index is 0.0447. The van der Waals surface area contributed by atoms with Crippen molar-refractivity contribution in [2.24, 2.45) is 5.41 Å². The molecule has 66 heavy (non-hydrogen) atoms. The van der Waals surface area contributed by atoms with Crippen molar-refractivity contribution >= 4 is 72.6 Å². The lowest BCUT2D eigenvalue weighted by Crippen LogP contribution is -2.47. The van der Waals surface area contributed by atoms with Crippen LogP contribution in [0.3, 0.4) is 0 Å². The second-order valence-corrected chi connectivity index (χ2v) is 20.0. The van der Waals surface area contributed by atoms with E-state index in [1.165, 1.54) is 23.8 Å². The van der Waals surface area contributed by atoms with Crippen LogP contribution in [0.15, 0.2) is 83.4 Å². The second-order valence-electron chi connectivity index (χ2n) is 17.9. The molecule has 0 radical (unpaired) electrons. The summed E-state index contributed by atoms with van der Waals surface area (Å²) in [6.07, 6.45) is 4.68. The van der Waals surface area contributed by atoms with E-state index in [0.717, 1.165) is 61.6 Å². The molecule has 2 saturated heterocycles. The van der Waals surface area contributed by atoms with Crippen molar-refractivity contribution in [3.05, 3.63) is 111 Å². The maximum absolute atomic E-state index is 15.3. The number of hydrogen-bond donors (Lipinski definition) is 3. The van der Waals surface area contributed by atoms with Crippen molar-refractivity contribution in [2.75, 3.05) is 87.4 Å². The van der Waals surface area contributed by atoms with E-state index >= 15 is 4.39 Å². The standard InChI is InChI=1S/C47H52ClFN8O8S/c1-47(2)12-10-31(38(26-47)36-7-4-32(48)23-39(36)49)28-54-15-17-55(18-16-54)33-5-8-37(41(24-33)56-14-3-19-65-46-43(56)22-30-11-13-50-44(30)52-46)45(58)53-66(61,62)35-6-9-40(42(25-35)57(59)60)51-27-34-29-63-20-21-64-34/h4-9,11,13,22-25,34,51H,3,10,12,14-21,26-29H2,1-2H3,(H,50,52)(H,53,58)/t34-/m0/s1. The first-order valence-corrected chi connectivity index (χ1v) is 24.0. The molecule has 0 bridgehead atoms. The number of halogens is 2. The predicted octanol–water partition coefficient (Wildman–Crippen LogP) is 7.92. The van der Waals surface area contributed by atoms with Crippen LogP contribution in [-0.4, -0.2) is 112 Å². The average Bonchev–Trinajstić information content (AvgIpc) is 3.66. The number of nitro groups is 1. The summed E-state index contributed by atoms with van der Waals surface area (Å²) >= 11 is 6.13. The van der Waals surface area contributed by atoms with Gasteiger partial charge in [-0.15, -0.1) is 0 Å². The average molecular weight is 943 g/mol. The van der Waals surface area contributed by atoms with Gasteiger partial charge in [-0.3, -0.25) is 19.8 Å². The zero-order valence-corrected chi connectivity index (χ0v) is 38.4. The number of sulfonamides is 1. The summed E-state index contributed by atoms with van der Waals surface area (Å²) in [5.41, 5.74) is 5.16. The van der Waals surface area contributed by atoms with Gasteiger partial charge in [0, 0.05) is 79.7 Å². The van der Waals surface area contributed by atoms with Gasteiger partial charge in [0.15, 0.2) is 0 Å². The number of amides is 1. The van der Waals surface area contributed by atoms with E-state index < -0.39 is 31.4 Å². The fourth-order valence-electron chi connectivity index (χ4n) is 9.20. The Hall–Kier alpha value is -5.79. The number of aromatic nitrogens is 2. The highest BCUT2D eigenvalue weighted by molar-refractivity contribution is 7.90. The number of nitrogens with zero attached hydrogens (tertiary/aromatic N) is 5. The number of rotatable bonds is 12. The molecule has 5 heterocycles. The Morgan fingerprint density at radius 1 is 1.02 bits per heavy atom. The van der Waals surface area contributed by atoms with E-state index in [-0.39, 0.29) is 35.1 Å². The molecule has 3 N–H and O–H groups in total. The molecule has 1 amide bonds. The SMILES string of the molecule is CC1(C)CCC(CN2CCN(c3ccc(C(=O)NS(=O)(=O)c4ccc(NC[C@H]5COCCO5)c([N+](=O)[O-])c4)c(N4CCCOc5nc6[nH]ccc6cc54)c3)CC2)=C(c2ccc(Cl)cc2F)C1. The Morgan fingerprint density at radius 2 is 1.85 bits per heavy atom. The van der Waals surface area contributed by atoms with Crippen LogP contribution < -0.4 is 24.6 Å². The minimum atomic E-state index is -4.62. The highest BCUT2D eigenvalue weighted by Crippen LogP contribution is 2.45. The van der Waals surface area contributed by atoms with E-state index in [0.29, 0.717) is 86.0 Å². The number of fused-ring (bicyclic) bond motifs is 2. The van der Waals surface area contributed by atoms with Gasteiger partial charge in [0.1, 0.15) is 22.8 Å². The summed E-state index contributed by atoms with van der Waals surface area (Å²) in [5, 5.41) is 16.3. The van der Waals surface area contributed by atoms with Crippen LogP contribution in [0.2, 0.25) is 5.02 Å². The van der Waals surface area contributed by atoms with Crippen LogP contribution >= 0.6 is 11.6 Å². The zero-order valence-electron chi connectivity index (χ0n) is 36.8. The van der Waals surface area contributed by atoms with Crippen molar-refractivity contribution in [3.8, 4) is 5.88 Å². The Kier molecular flexibility index (Phi) is 12.9. The van der Waals surface area contributed by atoms with Gasteiger partial charge in [0.05, 0.1) is 53.6 Å². The third-order valence-corrected chi connectivity index (χ3v) is 14.3. The van der Waals surface area contributed by atoms with Crippen LogP contribution in [-0.2, 0) is 19.5 Å². The topological polar surface area (TPSA) is 185 Å². The molecule has 19 heteroatoms. The van der Waals surface area contributed by atoms with Gasteiger partial charge < -0.3 is 34.3 Å². The van der Waals surface area contributed by atoms with Crippen LogP contribution in [0, 0.1) is 21.3 Å². The van der Waals surface area contributed by atoms with Crippen LogP contribution in [0.1, 0.15) is 55.5 Å². The molecule has 348 valence electrons. The Balaban J connectivity index is 0.989. The number of carbonyl (C=O) groups is 1. The molecule has 4 aliphatic rings. The summed E-state index contributed by atoms with van der Waals surface area (Å²) < 4.78 is 62.5. The van der Waals surface area contributed by atoms with Crippen molar-refractivity contribution < 1.29 is 36.7 Å². The fraction of sp³-hybridized carbons (Fsp3) is 0.404. The van der Waals surface area contributed by atoms with Crippen molar-refractivity contribution in [1.82, 2.24) is 19.6 Å². The maximum Gasteiger partial charge on any atom is 0.293 e. The van der Waals surface area contributed by atoms with Gasteiger partial charge in [-0.25, -0.2) is 17.5 Å². The minimum Gasteiger partial charge on any atom is -0.476 e. The highest BCUT2D eigenvalue weighted by Gasteiger charge is 2.33. The maximum atomic E-state index is 15.3. The van der Waals surface area contributed by atoms with Gasteiger partial charge >= 0.3 is 0 Å². The summed E-state index contributed by atoms with van der Waals surface area (Å²) in [6, 6.07) is 17.5. The summed E-state index contributed by atoms with van der Waals surface area (Å²) in [7, 11) is -4.62. The number of H-pyrrole nitrogens is 1. The molecule has 16 nitrogen and oxygen atoms in total. The smallest absolute Gasteiger partial charge is 0.293 e. The zero-order chi connectivity index (χ0) is 46.2. The Bertz CT molecular complexity index is 2810. The van der Waals surface area contributed by atoms with Crippen molar-refractivity contribution in [3.63, 3.8) is 0 Å². The third kappa shape index (κ3) is 9.83. The molecule has 2 aromatic heterocycles. The molecular weight excluding hydrogens is 891 g/mol.